The van der Waals surface area contributed by atoms with Crippen LogP contribution in [-0.4, -0.2) is 51.1 Å². The molecular formula is C27H29ClN6O5. The van der Waals surface area contributed by atoms with Gasteiger partial charge < -0.3 is 24.1 Å². The molecule has 0 bridgehead atoms. The number of carbonyl (C=O) groups is 1. The average molecular weight is 553 g/mol. The fourth-order valence-electron chi connectivity index (χ4n) is 4.28. The second-order valence-electron chi connectivity index (χ2n) is 8.69. The molecule has 0 saturated carbocycles. The smallest absolute Gasteiger partial charge is 0.359 e. The largest absolute Gasteiger partial charge is 0.479 e. The van der Waals surface area contributed by atoms with Gasteiger partial charge in [-0.1, -0.05) is 23.7 Å². The number of hydrogen-bond acceptors (Lipinski definition) is 9. The highest BCUT2D eigenvalue weighted by Gasteiger charge is 2.31. The van der Waals surface area contributed by atoms with Crippen molar-refractivity contribution in [2.75, 3.05) is 26.1 Å². The summed E-state index contributed by atoms with van der Waals surface area (Å²) in [5, 5.41) is 8.68. The van der Waals surface area contributed by atoms with Gasteiger partial charge in [0.1, 0.15) is 5.69 Å². The van der Waals surface area contributed by atoms with Crippen LogP contribution >= 0.6 is 11.6 Å². The summed E-state index contributed by atoms with van der Waals surface area (Å²) in [6, 6.07) is 8.54. The lowest BCUT2D eigenvalue weighted by Gasteiger charge is -2.22. The Morgan fingerprint density at radius 3 is 2.49 bits per heavy atom. The molecule has 0 aliphatic carbocycles. The summed E-state index contributed by atoms with van der Waals surface area (Å²) in [5.74, 6) is -0.390. The van der Waals surface area contributed by atoms with Crippen LogP contribution in [0.25, 0.3) is 5.69 Å². The van der Waals surface area contributed by atoms with Gasteiger partial charge in [0.05, 0.1) is 38.8 Å². The number of nitrogens with zero attached hydrogens (tertiary/aromatic N) is 5. The zero-order valence-electron chi connectivity index (χ0n) is 22.5. The molecule has 1 atom stereocenters. The maximum atomic E-state index is 13.2. The highest BCUT2D eigenvalue weighted by Crippen LogP contribution is 2.35. The van der Waals surface area contributed by atoms with Gasteiger partial charge in [0.25, 0.3) is 5.56 Å². The van der Waals surface area contributed by atoms with E-state index < -0.39 is 12.0 Å². The van der Waals surface area contributed by atoms with E-state index in [0.29, 0.717) is 33.2 Å². The number of nitrogens with one attached hydrogen (secondary N) is 1. The minimum atomic E-state index is -0.597. The van der Waals surface area contributed by atoms with Crippen molar-refractivity contribution in [1.82, 2.24) is 24.3 Å². The molecule has 0 spiro atoms. The van der Waals surface area contributed by atoms with Gasteiger partial charge in [-0.15, -0.1) is 0 Å². The number of pyridine rings is 1. The van der Waals surface area contributed by atoms with Crippen molar-refractivity contribution in [2.24, 2.45) is 7.05 Å². The van der Waals surface area contributed by atoms with E-state index in [1.54, 1.807) is 45.3 Å². The molecule has 0 aliphatic rings. The summed E-state index contributed by atoms with van der Waals surface area (Å²) in [4.78, 5) is 34.0. The van der Waals surface area contributed by atoms with Crippen molar-refractivity contribution in [3.05, 3.63) is 86.2 Å². The molecule has 39 heavy (non-hydrogen) atoms. The topological polar surface area (TPSA) is 122 Å². The van der Waals surface area contributed by atoms with Crippen LogP contribution in [0.1, 0.15) is 45.8 Å². The third kappa shape index (κ3) is 5.58. The number of halogens is 1. The lowest BCUT2D eigenvalue weighted by atomic mass is 9.96. The monoisotopic (exact) mass is 552 g/mol. The van der Waals surface area contributed by atoms with Crippen LogP contribution in [0.2, 0.25) is 5.02 Å². The predicted octanol–water partition coefficient (Wildman–Crippen LogP) is 4.03. The number of methoxy groups -OCH3 is 2. The molecule has 204 valence electrons. The van der Waals surface area contributed by atoms with Crippen molar-refractivity contribution in [3.63, 3.8) is 0 Å². The van der Waals surface area contributed by atoms with E-state index in [9.17, 15) is 9.59 Å². The van der Waals surface area contributed by atoms with Gasteiger partial charge in [-0.05, 0) is 44.5 Å². The molecule has 11 nitrogen and oxygen atoms in total. The van der Waals surface area contributed by atoms with Gasteiger partial charge in [-0.2, -0.15) is 10.1 Å². The average Bonchev–Trinajstić information content (AvgIpc) is 3.27. The van der Waals surface area contributed by atoms with Gasteiger partial charge in [0.15, 0.2) is 5.69 Å². The lowest BCUT2D eigenvalue weighted by molar-refractivity contribution is 0.0517. The van der Waals surface area contributed by atoms with E-state index in [2.05, 4.69) is 20.4 Å². The zero-order chi connectivity index (χ0) is 28.3. The van der Waals surface area contributed by atoms with E-state index in [4.69, 9.17) is 25.8 Å². The van der Waals surface area contributed by atoms with Gasteiger partial charge >= 0.3 is 12.0 Å². The molecule has 1 aromatic carbocycles. The number of anilines is 1. The van der Waals surface area contributed by atoms with Crippen LogP contribution in [0.15, 0.2) is 47.5 Å². The number of esters is 1. The normalized spacial score (nSPS) is 11.7. The summed E-state index contributed by atoms with van der Waals surface area (Å²) >= 11 is 6.19. The first-order valence-electron chi connectivity index (χ1n) is 12.1. The van der Waals surface area contributed by atoms with Gasteiger partial charge in [0.2, 0.25) is 5.88 Å². The fraction of sp³-hybridized carbons (Fsp3) is 0.296. The first-order valence-corrected chi connectivity index (χ1v) is 12.5. The highest BCUT2D eigenvalue weighted by molar-refractivity contribution is 6.30. The van der Waals surface area contributed by atoms with Crippen molar-refractivity contribution in [2.45, 2.75) is 26.8 Å². The third-order valence-corrected chi connectivity index (χ3v) is 6.37. The van der Waals surface area contributed by atoms with Crippen LogP contribution in [0, 0.1) is 13.8 Å². The standard InChI is InChI=1S/C27H29ClN6O5/c1-7-39-26(36)23-21(16(3)34(32-23)20-13-29-27(38-6)31-24(20)37-5)22(17-8-10-18(28)11-9-17)30-19-12-15(2)25(35)33(4)14-19/h8-14,22,30H,7H2,1-6H3. The Kier molecular flexibility index (Phi) is 8.20. The Hall–Kier alpha value is -4.38. The number of rotatable bonds is 9. The molecule has 3 aromatic heterocycles. The number of hydrogen-bond donors (Lipinski definition) is 1. The van der Waals surface area contributed by atoms with Crippen LogP contribution in [0.5, 0.6) is 11.9 Å². The van der Waals surface area contributed by atoms with E-state index in [-0.39, 0.29) is 29.8 Å². The predicted molar refractivity (Wildman–Crippen MR) is 146 cm³/mol. The molecule has 1 N–H and O–H groups in total. The summed E-state index contributed by atoms with van der Waals surface area (Å²) < 4.78 is 19.0. The second-order valence-corrected chi connectivity index (χ2v) is 9.12. The Labute approximate surface area is 230 Å². The van der Waals surface area contributed by atoms with Gasteiger partial charge in [-0.25, -0.2) is 14.5 Å². The molecule has 0 saturated heterocycles. The molecule has 3 heterocycles. The Bertz CT molecular complexity index is 1540. The Morgan fingerprint density at radius 1 is 1.15 bits per heavy atom. The molecular weight excluding hydrogens is 524 g/mol. The Balaban J connectivity index is 1.97. The van der Waals surface area contributed by atoms with E-state index in [1.165, 1.54) is 29.7 Å². The zero-order valence-corrected chi connectivity index (χ0v) is 23.2. The number of aromatic nitrogens is 5. The second kappa shape index (κ2) is 11.6. The minimum Gasteiger partial charge on any atom is -0.479 e. The Morgan fingerprint density at radius 2 is 1.87 bits per heavy atom. The van der Waals surface area contributed by atoms with Crippen LogP contribution < -0.4 is 20.3 Å². The first-order chi connectivity index (χ1) is 18.7. The first kappa shape index (κ1) is 27.6. The minimum absolute atomic E-state index is 0.0983. The summed E-state index contributed by atoms with van der Waals surface area (Å²) in [7, 11) is 4.60. The SMILES string of the molecule is CCOC(=O)c1nn(-c2cnc(OC)nc2OC)c(C)c1C(Nc1cc(C)c(=O)n(C)c1)c1ccc(Cl)cc1. The van der Waals surface area contributed by atoms with Crippen LogP contribution in [0.3, 0.4) is 0 Å². The molecule has 0 radical (unpaired) electrons. The number of ether oxygens (including phenoxy) is 3. The van der Waals surface area contributed by atoms with Crippen molar-refractivity contribution in [3.8, 4) is 17.6 Å². The summed E-state index contributed by atoms with van der Waals surface area (Å²) in [6.45, 7) is 5.46. The molecule has 4 aromatic rings. The number of aryl methyl sites for hydroxylation is 2. The maximum Gasteiger partial charge on any atom is 0.359 e. The molecule has 4 rings (SSSR count). The number of carbonyl (C=O) groups excluding carboxylic acids is 1. The van der Waals surface area contributed by atoms with E-state index in [1.807, 2.05) is 19.1 Å². The quantitative estimate of drug-likeness (QED) is 0.307. The van der Waals surface area contributed by atoms with Crippen molar-refractivity contribution >= 4 is 23.3 Å². The van der Waals surface area contributed by atoms with Crippen LogP contribution in [-0.2, 0) is 11.8 Å². The molecule has 12 heteroatoms. The van der Waals surface area contributed by atoms with E-state index in [0.717, 1.165) is 5.56 Å². The van der Waals surface area contributed by atoms with Gasteiger partial charge in [-0.3, -0.25) is 4.79 Å². The maximum absolute atomic E-state index is 13.2. The third-order valence-electron chi connectivity index (χ3n) is 6.11. The lowest BCUT2D eigenvalue weighted by Crippen LogP contribution is -2.22. The summed E-state index contributed by atoms with van der Waals surface area (Å²) in [5.41, 5.74) is 3.60. The van der Waals surface area contributed by atoms with E-state index >= 15 is 0 Å². The molecule has 0 amide bonds. The molecule has 1 unspecified atom stereocenters. The number of benzene rings is 1. The molecule has 0 fully saturated rings. The van der Waals surface area contributed by atoms with Crippen molar-refractivity contribution in [1.29, 1.82) is 0 Å². The van der Waals surface area contributed by atoms with Crippen LogP contribution in [0.4, 0.5) is 5.69 Å². The molecule has 0 aliphatic heterocycles. The fourth-order valence-corrected chi connectivity index (χ4v) is 4.41. The van der Waals surface area contributed by atoms with Crippen molar-refractivity contribution < 1.29 is 19.0 Å². The highest BCUT2D eigenvalue weighted by atomic mass is 35.5. The van der Waals surface area contributed by atoms with Gasteiger partial charge in [0, 0.05) is 35.1 Å². The summed E-state index contributed by atoms with van der Waals surface area (Å²) in [6.07, 6.45) is 3.20.